The third-order valence-electron chi connectivity index (χ3n) is 4.57. The first-order valence-electron chi connectivity index (χ1n) is 6.37. The fourth-order valence-electron chi connectivity index (χ4n) is 3.80. The molecule has 0 unspecified atom stereocenters. The zero-order valence-electron chi connectivity index (χ0n) is 10.1. The summed E-state index contributed by atoms with van der Waals surface area (Å²) in [5, 5.41) is 0. The van der Waals surface area contributed by atoms with Crippen LogP contribution < -0.4 is 4.90 Å². The second kappa shape index (κ2) is 3.58. The first-order chi connectivity index (χ1) is 8.66. The molecule has 4 rings (SSSR count). The number of carbonyl (C=O) groups is 1. The number of Topliss-reactive ketones (excluding diaryl/α,β-unsaturated/α-hetero) is 1. The lowest BCUT2D eigenvalue weighted by Crippen LogP contribution is -2.41. The topological polar surface area (TPSA) is 29.5 Å². The highest BCUT2D eigenvalue weighted by Crippen LogP contribution is 2.52. The lowest BCUT2D eigenvalue weighted by atomic mass is 9.90. The predicted octanol–water partition coefficient (Wildman–Crippen LogP) is 2.48. The van der Waals surface area contributed by atoms with Crippen LogP contribution in [-0.4, -0.2) is 31.1 Å². The van der Waals surface area contributed by atoms with E-state index in [2.05, 4.69) is 46.1 Å². The number of ketones is 1. The highest BCUT2D eigenvalue weighted by molar-refractivity contribution is 9.10. The van der Waals surface area contributed by atoms with Gasteiger partial charge in [-0.1, -0.05) is 15.9 Å². The number of rotatable bonds is 0. The molecule has 0 aromatic heterocycles. The standard InChI is InChI=1S/C14H14BrNO2/c1-16-9-3-2-7(15)6-8(9)12-11-5-4-10(17)14(18-11)13(12)16/h2-3,6,11-14H,4-5H2,1H3/t11-,12-,13-,14+/m1/s1. The van der Waals surface area contributed by atoms with Gasteiger partial charge >= 0.3 is 0 Å². The normalized spacial score (nSPS) is 36.8. The molecule has 2 fully saturated rings. The molecule has 0 spiro atoms. The Morgan fingerprint density at radius 3 is 3.11 bits per heavy atom. The van der Waals surface area contributed by atoms with E-state index in [0.717, 1.165) is 10.9 Å². The van der Waals surface area contributed by atoms with Gasteiger partial charge in [-0.15, -0.1) is 0 Å². The number of carbonyl (C=O) groups excluding carboxylic acids is 1. The second-order valence-electron chi connectivity index (χ2n) is 5.43. The van der Waals surface area contributed by atoms with Gasteiger partial charge in [0.1, 0.15) is 6.10 Å². The molecule has 0 aliphatic carbocycles. The van der Waals surface area contributed by atoms with Crippen LogP contribution in [-0.2, 0) is 9.53 Å². The average Bonchev–Trinajstić information content (AvgIpc) is 2.81. The number of anilines is 1. The van der Waals surface area contributed by atoms with Gasteiger partial charge in [0.05, 0.1) is 12.1 Å². The maximum atomic E-state index is 12.0. The third kappa shape index (κ3) is 1.25. The molecule has 4 atom stereocenters. The molecule has 3 aliphatic rings. The molecular weight excluding hydrogens is 294 g/mol. The van der Waals surface area contributed by atoms with Gasteiger partial charge < -0.3 is 9.64 Å². The van der Waals surface area contributed by atoms with Crippen LogP contribution >= 0.6 is 15.9 Å². The van der Waals surface area contributed by atoms with Gasteiger partial charge in [-0.25, -0.2) is 0 Å². The van der Waals surface area contributed by atoms with Crippen molar-refractivity contribution in [1.29, 1.82) is 0 Å². The van der Waals surface area contributed by atoms with Crippen LogP contribution in [0.4, 0.5) is 5.69 Å². The van der Waals surface area contributed by atoms with E-state index in [1.54, 1.807) is 0 Å². The third-order valence-corrected chi connectivity index (χ3v) is 5.06. The molecule has 4 heteroatoms. The van der Waals surface area contributed by atoms with Crippen LogP contribution in [0.5, 0.6) is 0 Å². The molecule has 0 amide bonds. The van der Waals surface area contributed by atoms with Crippen LogP contribution in [0.15, 0.2) is 22.7 Å². The van der Waals surface area contributed by atoms with E-state index in [1.807, 2.05) is 0 Å². The molecule has 3 nitrogen and oxygen atoms in total. The van der Waals surface area contributed by atoms with E-state index < -0.39 is 0 Å². The van der Waals surface area contributed by atoms with Gasteiger partial charge in [0.25, 0.3) is 0 Å². The predicted molar refractivity (Wildman–Crippen MR) is 72.0 cm³/mol. The molecule has 3 aliphatic heterocycles. The van der Waals surface area contributed by atoms with E-state index in [0.29, 0.717) is 12.3 Å². The molecule has 2 saturated heterocycles. The number of likely N-dealkylation sites (N-methyl/N-ethyl adjacent to an activating group) is 1. The summed E-state index contributed by atoms with van der Waals surface area (Å²) in [5.41, 5.74) is 2.58. The second-order valence-corrected chi connectivity index (χ2v) is 6.35. The Morgan fingerprint density at radius 1 is 1.44 bits per heavy atom. The van der Waals surface area contributed by atoms with Crippen molar-refractivity contribution in [3.8, 4) is 0 Å². The molecule has 1 aromatic carbocycles. The maximum Gasteiger partial charge on any atom is 0.163 e. The van der Waals surface area contributed by atoms with Gasteiger partial charge in [0.2, 0.25) is 0 Å². The van der Waals surface area contributed by atoms with Crippen molar-refractivity contribution in [3.63, 3.8) is 0 Å². The van der Waals surface area contributed by atoms with E-state index in [-0.39, 0.29) is 24.0 Å². The van der Waals surface area contributed by atoms with Crippen LogP contribution in [0.1, 0.15) is 24.3 Å². The number of benzene rings is 1. The van der Waals surface area contributed by atoms with Crippen molar-refractivity contribution < 1.29 is 9.53 Å². The lowest BCUT2D eigenvalue weighted by Gasteiger charge is -2.27. The zero-order chi connectivity index (χ0) is 12.4. The molecular formula is C14H14BrNO2. The van der Waals surface area contributed by atoms with Crippen molar-refractivity contribution in [3.05, 3.63) is 28.2 Å². The number of halogens is 1. The average molecular weight is 308 g/mol. The molecule has 0 N–H and O–H groups in total. The van der Waals surface area contributed by atoms with Crippen molar-refractivity contribution in [2.45, 2.75) is 37.0 Å². The minimum absolute atomic E-state index is 0.203. The molecule has 2 bridgehead atoms. The smallest absolute Gasteiger partial charge is 0.163 e. The van der Waals surface area contributed by atoms with Gasteiger partial charge in [-0.05, 0) is 30.2 Å². The number of nitrogens with zero attached hydrogens (tertiary/aromatic N) is 1. The van der Waals surface area contributed by atoms with E-state index in [1.165, 1.54) is 11.3 Å². The summed E-state index contributed by atoms with van der Waals surface area (Å²) < 4.78 is 7.04. The zero-order valence-corrected chi connectivity index (χ0v) is 11.7. The van der Waals surface area contributed by atoms with Crippen molar-refractivity contribution in [2.75, 3.05) is 11.9 Å². The monoisotopic (exact) mass is 307 g/mol. The Labute approximate surface area is 114 Å². The summed E-state index contributed by atoms with van der Waals surface area (Å²) in [5.74, 6) is 0.636. The van der Waals surface area contributed by atoms with Gasteiger partial charge in [0.15, 0.2) is 5.78 Å². The Kier molecular flexibility index (Phi) is 2.19. The molecule has 0 saturated carbocycles. The van der Waals surface area contributed by atoms with Crippen molar-refractivity contribution >= 4 is 27.4 Å². The first kappa shape index (κ1) is 11.0. The first-order valence-corrected chi connectivity index (χ1v) is 7.16. The van der Waals surface area contributed by atoms with Gasteiger partial charge in [-0.2, -0.15) is 0 Å². The van der Waals surface area contributed by atoms with Crippen LogP contribution in [0.25, 0.3) is 0 Å². The van der Waals surface area contributed by atoms with E-state index in [9.17, 15) is 4.79 Å². The number of ether oxygens (including phenoxy) is 1. The minimum atomic E-state index is -0.218. The summed E-state index contributed by atoms with van der Waals surface area (Å²) >= 11 is 3.54. The van der Waals surface area contributed by atoms with E-state index in [4.69, 9.17) is 4.74 Å². The lowest BCUT2D eigenvalue weighted by molar-refractivity contribution is -0.135. The summed E-state index contributed by atoms with van der Waals surface area (Å²) in [6, 6.07) is 6.59. The highest BCUT2D eigenvalue weighted by Gasteiger charge is 2.56. The molecule has 3 heterocycles. The summed E-state index contributed by atoms with van der Waals surface area (Å²) in [4.78, 5) is 14.2. The maximum absolute atomic E-state index is 12.0. The largest absolute Gasteiger partial charge is 0.368 e. The molecule has 18 heavy (non-hydrogen) atoms. The number of hydrogen-bond acceptors (Lipinski definition) is 3. The van der Waals surface area contributed by atoms with Gasteiger partial charge in [-0.3, -0.25) is 4.79 Å². The SMILES string of the molecule is CN1c2ccc(Br)cc2[C@H]2[C@@H]1[C@H]1O[C@@H]2CCC1=O. The van der Waals surface area contributed by atoms with Crippen LogP contribution in [0, 0.1) is 0 Å². The van der Waals surface area contributed by atoms with E-state index >= 15 is 0 Å². The quantitative estimate of drug-likeness (QED) is 0.737. The Hall–Kier alpha value is -0.870. The van der Waals surface area contributed by atoms with Crippen molar-refractivity contribution in [2.24, 2.45) is 0 Å². The molecule has 0 radical (unpaired) electrons. The van der Waals surface area contributed by atoms with Crippen LogP contribution in [0.2, 0.25) is 0 Å². The Balaban J connectivity index is 1.87. The molecule has 1 aromatic rings. The number of fused-ring (bicyclic) bond motifs is 7. The minimum Gasteiger partial charge on any atom is -0.368 e. The highest BCUT2D eigenvalue weighted by atomic mass is 79.9. The molecule has 94 valence electrons. The van der Waals surface area contributed by atoms with Crippen molar-refractivity contribution in [1.82, 2.24) is 0 Å². The van der Waals surface area contributed by atoms with Crippen LogP contribution in [0.3, 0.4) is 0 Å². The summed E-state index contributed by atoms with van der Waals surface area (Å²) in [7, 11) is 2.08. The fraction of sp³-hybridized carbons (Fsp3) is 0.500. The summed E-state index contributed by atoms with van der Waals surface area (Å²) in [6.07, 6.45) is 1.55. The summed E-state index contributed by atoms with van der Waals surface area (Å²) in [6.45, 7) is 0. The fourth-order valence-corrected chi connectivity index (χ4v) is 4.18. The number of hydrogen-bond donors (Lipinski definition) is 0. The Morgan fingerprint density at radius 2 is 2.28 bits per heavy atom. The Bertz CT molecular complexity index is 545. The van der Waals surface area contributed by atoms with Gasteiger partial charge in [0, 0.05) is 29.5 Å².